The molecule has 0 radical (unpaired) electrons. The van der Waals surface area contributed by atoms with Gasteiger partial charge in [-0.2, -0.15) is 0 Å². The maximum absolute atomic E-state index is 11.9. The maximum Gasteiger partial charge on any atom is 0.222 e. The number of benzene rings is 1. The molecule has 0 fully saturated rings. The molecular weight excluding hydrogens is 256 g/mol. The number of nitrogens with one attached hydrogen (secondary N) is 1. The van der Waals surface area contributed by atoms with Crippen molar-refractivity contribution in [1.82, 2.24) is 5.32 Å². The van der Waals surface area contributed by atoms with Crippen LogP contribution < -0.4 is 20.5 Å². The predicted octanol–water partition coefficient (Wildman–Crippen LogP) is 2.01. The molecule has 0 saturated heterocycles. The quantitative estimate of drug-likeness (QED) is 0.836. The van der Waals surface area contributed by atoms with E-state index in [-0.39, 0.29) is 18.4 Å². The number of amides is 1. The zero-order valence-corrected chi connectivity index (χ0v) is 12.8. The molecule has 3 N–H and O–H groups in total. The fraction of sp³-hybridized carbons (Fsp3) is 0.533. The van der Waals surface area contributed by atoms with Crippen molar-refractivity contribution in [3.8, 4) is 11.5 Å². The monoisotopic (exact) mass is 280 g/mol. The summed E-state index contributed by atoms with van der Waals surface area (Å²) >= 11 is 0. The third kappa shape index (κ3) is 4.74. The smallest absolute Gasteiger partial charge is 0.222 e. The zero-order valence-electron chi connectivity index (χ0n) is 12.8. The van der Waals surface area contributed by atoms with Crippen molar-refractivity contribution in [2.75, 3.05) is 14.2 Å². The first-order chi connectivity index (χ1) is 9.26. The Labute approximate surface area is 120 Å². The van der Waals surface area contributed by atoms with Crippen molar-refractivity contribution >= 4 is 5.91 Å². The van der Waals surface area contributed by atoms with Gasteiger partial charge in [-0.05, 0) is 32.9 Å². The number of nitrogens with two attached hydrogens (primary N) is 1. The lowest BCUT2D eigenvalue weighted by Gasteiger charge is -2.21. The van der Waals surface area contributed by atoms with Gasteiger partial charge in [0.1, 0.15) is 11.5 Å². The Hall–Kier alpha value is -1.75. The van der Waals surface area contributed by atoms with Crippen LogP contribution in [0.5, 0.6) is 11.5 Å². The van der Waals surface area contributed by atoms with Crippen LogP contribution in [-0.4, -0.2) is 25.7 Å². The molecule has 0 spiro atoms. The first kappa shape index (κ1) is 16.3. The third-order valence-electron chi connectivity index (χ3n) is 2.90. The molecule has 0 heterocycles. The van der Waals surface area contributed by atoms with E-state index < -0.39 is 5.54 Å². The van der Waals surface area contributed by atoms with Gasteiger partial charge in [0.05, 0.1) is 20.3 Å². The highest BCUT2D eigenvalue weighted by atomic mass is 16.5. The fourth-order valence-electron chi connectivity index (χ4n) is 1.96. The van der Waals surface area contributed by atoms with Crippen molar-refractivity contribution in [3.63, 3.8) is 0 Å². The van der Waals surface area contributed by atoms with Crippen molar-refractivity contribution in [3.05, 3.63) is 23.8 Å². The van der Waals surface area contributed by atoms with Gasteiger partial charge in [0, 0.05) is 23.6 Å². The molecule has 1 amide bonds. The number of rotatable bonds is 6. The Morgan fingerprint density at radius 1 is 1.35 bits per heavy atom. The van der Waals surface area contributed by atoms with Crippen LogP contribution >= 0.6 is 0 Å². The number of ether oxygens (including phenoxy) is 2. The summed E-state index contributed by atoms with van der Waals surface area (Å²) in [6.45, 7) is 5.56. The topological polar surface area (TPSA) is 73.6 Å². The van der Waals surface area contributed by atoms with Gasteiger partial charge in [0.15, 0.2) is 0 Å². The summed E-state index contributed by atoms with van der Waals surface area (Å²) in [7, 11) is 3.19. The molecular formula is C15H24N2O3. The largest absolute Gasteiger partial charge is 0.497 e. The molecule has 1 unspecified atom stereocenters. The van der Waals surface area contributed by atoms with Gasteiger partial charge in [-0.15, -0.1) is 0 Å². The van der Waals surface area contributed by atoms with E-state index in [1.807, 2.05) is 32.9 Å². The molecule has 1 rings (SSSR count). The lowest BCUT2D eigenvalue weighted by molar-refractivity contribution is -0.122. The average Bonchev–Trinajstić information content (AvgIpc) is 2.35. The van der Waals surface area contributed by atoms with Crippen molar-refractivity contribution in [1.29, 1.82) is 0 Å². The van der Waals surface area contributed by atoms with Crippen LogP contribution in [0.25, 0.3) is 0 Å². The van der Waals surface area contributed by atoms with Crippen LogP contribution in [0.4, 0.5) is 0 Å². The van der Waals surface area contributed by atoms with Crippen LogP contribution in [0.15, 0.2) is 18.2 Å². The molecule has 5 heteroatoms. The summed E-state index contributed by atoms with van der Waals surface area (Å²) in [5.41, 5.74) is 6.22. The molecule has 0 aliphatic rings. The Balaban J connectivity index is 2.81. The molecule has 5 nitrogen and oxygen atoms in total. The highest BCUT2D eigenvalue weighted by Crippen LogP contribution is 2.29. The van der Waals surface area contributed by atoms with Crippen LogP contribution in [0.2, 0.25) is 0 Å². The lowest BCUT2D eigenvalue weighted by atomic mass is 10.0. The van der Waals surface area contributed by atoms with Crippen LogP contribution in [0.1, 0.15) is 38.8 Å². The summed E-state index contributed by atoms with van der Waals surface area (Å²) in [6.07, 6.45) is 0.274. The third-order valence-corrected chi connectivity index (χ3v) is 2.90. The van der Waals surface area contributed by atoms with Crippen molar-refractivity contribution in [2.45, 2.75) is 38.8 Å². The SMILES string of the molecule is COc1ccc(C(C)NC(=O)CC(C)(C)N)c(OC)c1. The fourth-order valence-corrected chi connectivity index (χ4v) is 1.96. The summed E-state index contributed by atoms with van der Waals surface area (Å²) < 4.78 is 10.5. The van der Waals surface area contributed by atoms with Gasteiger partial charge >= 0.3 is 0 Å². The first-order valence-corrected chi connectivity index (χ1v) is 6.57. The van der Waals surface area contributed by atoms with E-state index in [4.69, 9.17) is 15.2 Å². The van der Waals surface area contributed by atoms with Gasteiger partial charge in [-0.1, -0.05) is 0 Å². The molecule has 1 aromatic carbocycles. The highest BCUT2D eigenvalue weighted by Gasteiger charge is 2.19. The van der Waals surface area contributed by atoms with Gasteiger partial charge < -0.3 is 20.5 Å². The van der Waals surface area contributed by atoms with E-state index in [1.165, 1.54) is 0 Å². The second-order valence-corrected chi connectivity index (χ2v) is 5.56. The normalized spacial score (nSPS) is 12.7. The second-order valence-electron chi connectivity index (χ2n) is 5.56. The number of carbonyl (C=O) groups excluding carboxylic acids is 1. The Morgan fingerprint density at radius 3 is 2.50 bits per heavy atom. The van der Waals surface area contributed by atoms with E-state index in [1.54, 1.807) is 20.3 Å². The van der Waals surface area contributed by atoms with Crippen LogP contribution in [0.3, 0.4) is 0 Å². The first-order valence-electron chi connectivity index (χ1n) is 6.57. The van der Waals surface area contributed by atoms with Crippen LogP contribution in [0, 0.1) is 0 Å². The highest BCUT2D eigenvalue weighted by molar-refractivity contribution is 5.77. The summed E-state index contributed by atoms with van der Waals surface area (Å²) in [5, 5.41) is 2.93. The van der Waals surface area contributed by atoms with Gasteiger partial charge in [-0.3, -0.25) is 4.79 Å². The molecule has 20 heavy (non-hydrogen) atoms. The van der Waals surface area contributed by atoms with E-state index in [0.29, 0.717) is 11.5 Å². The van der Waals surface area contributed by atoms with Crippen molar-refractivity contribution < 1.29 is 14.3 Å². The molecule has 0 aliphatic carbocycles. The summed E-state index contributed by atoms with van der Waals surface area (Å²) in [5.74, 6) is 1.32. The van der Waals surface area contributed by atoms with Gasteiger partial charge in [0.25, 0.3) is 0 Å². The van der Waals surface area contributed by atoms with Gasteiger partial charge in [0.2, 0.25) is 5.91 Å². The van der Waals surface area contributed by atoms with E-state index in [0.717, 1.165) is 5.56 Å². The molecule has 0 aliphatic heterocycles. The Kier molecular flexibility index (Phi) is 5.39. The lowest BCUT2D eigenvalue weighted by Crippen LogP contribution is -2.39. The number of hydrogen-bond donors (Lipinski definition) is 2. The summed E-state index contributed by atoms with van der Waals surface area (Å²) in [4.78, 5) is 11.9. The van der Waals surface area contributed by atoms with E-state index in [2.05, 4.69) is 5.32 Å². The van der Waals surface area contributed by atoms with E-state index in [9.17, 15) is 4.79 Å². The number of carbonyl (C=O) groups is 1. The molecule has 0 aromatic heterocycles. The minimum Gasteiger partial charge on any atom is -0.497 e. The van der Waals surface area contributed by atoms with Gasteiger partial charge in [-0.25, -0.2) is 0 Å². The zero-order chi connectivity index (χ0) is 15.3. The van der Waals surface area contributed by atoms with Crippen LogP contribution in [-0.2, 0) is 4.79 Å². The Bertz CT molecular complexity index is 467. The minimum absolute atomic E-state index is 0.0807. The molecule has 1 aromatic rings. The van der Waals surface area contributed by atoms with E-state index >= 15 is 0 Å². The number of methoxy groups -OCH3 is 2. The minimum atomic E-state index is -0.520. The predicted molar refractivity (Wildman–Crippen MR) is 79.0 cm³/mol. The molecule has 0 bridgehead atoms. The molecule has 1 atom stereocenters. The van der Waals surface area contributed by atoms with Crippen molar-refractivity contribution in [2.24, 2.45) is 5.73 Å². The summed E-state index contributed by atoms with van der Waals surface area (Å²) in [6, 6.07) is 5.36. The molecule has 0 saturated carbocycles. The maximum atomic E-state index is 11.9. The second kappa shape index (κ2) is 6.61. The molecule has 112 valence electrons. The number of hydrogen-bond acceptors (Lipinski definition) is 4. The average molecular weight is 280 g/mol. The standard InChI is InChI=1S/C15H24N2O3/c1-10(17-14(18)9-15(2,3)16)12-7-6-11(19-4)8-13(12)20-5/h6-8,10H,9,16H2,1-5H3,(H,17,18). The Morgan fingerprint density at radius 2 is 2.00 bits per heavy atom.